The third-order valence-corrected chi connectivity index (χ3v) is 6.24. The Morgan fingerprint density at radius 2 is 1.73 bits per heavy atom. The molecule has 1 fully saturated rings. The van der Waals surface area contributed by atoms with Crippen LogP contribution < -0.4 is 0 Å². The van der Waals surface area contributed by atoms with Crippen molar-refractivity contribution in [3.63, 3.8) is 0 Å². The number of hydrogen-bond acceptors (Lipinski definition) is 3. The molecule has 2 aromatic carbocycles. The normalized spacial score (nSPS) is 15.3. The number of rotatable bonds is 2. The molecule has 0 aliphatic carbocycles. The van der Waals surface area contributed by atoms with E-state index in [0.717, 1.165) is 38.8 Å². The van der Waals surface area contributed by atoms with Gasteiger partial charge in [-0.05, 0) is 55.8 Å². The van der Waals surface area contributed by atoms with E-state index >= 15 is 0 Å². The summed E-state index contributed by atoms with van der Waals surface area (Å²) in [6.45, 7) is 15.3. The maximum absolute atomic E-state index is 13.6. The van der Waals surface area contributed by atoms with Crippen LogP contribution in [0.2, 0.25) is 0 Å². The van der Waals surface area contributed by atoms with Crippen LogP contribution in [0.15, 0.2) is 42.6 Å². The second-order valence-corrected chi connectivity index (χ2v) is 9.88. The number of hydrogen-bond donors (Lipinski definition) is 0. The van der Waals surface area contributed by atoms with Gasteiger partial charge in [-0.25, -0.2) is 4.39 Å². The van der Waals surface area contributed by atoms with Gasteiger partial charge in [0.15, 0.2) is 0 Å². The van der Waals surface area contributed by atoms with Crippen molar-refractivity contribution in [2.45, 2.75) is 53.9 Å². The fraction of sp³-hybridized carbons (Fsp3) is 0.407. The topological polar surface area (TPSA) is 49.0 Å². The Labute approximate surface area is 194 Å². The van der Waals surface area contributed by atoms with Crippen LogP contribution in [0.5, 0.6) is 0 Å². The standard InChI is InChI=1S/C25H26FN3O2.C2H6/c1-15-19-11-20-16(12-27-29(20)23(30)24(2,3)4)10-21(19)28(18-8-6-17(26)7-9-18)22(15)25(5)13-31-14-25;1-2/h6-12H,13-14H2,1-5H3;1-2H3. The molecule has 174 valence electrons. The number of aryl methyl sites for hydroxylation is 1. The highest BCUT2D eigenvalue weighted by Crippen LogP contribution is 2.41. The molecule has 0 saturated carbocycles. The van der Waals surface area contributed by atoms with E-state index in [2.05, 4.69) is 35.6 Å². The molecule has 1 aliphatic heterocycles. The molecule has 6 heteroatoms. The van der Waals surface area contributed by atoms with Crippen molar-refractivity contribution in [2.24, 2.45) is 5.41 Å². The monoisotopic (exact) mass is 449 g/mol. The third-order valence-electron chi connectivity index (χ3n) is 6.24. The van der Waals surface area contributed by atoms with Gasteiger partial charge in [0.25, 0.3) is 5.91 Å². The van der Waals surface area contributed by atoms with Crippen molar-refractivity contribution < 1.29 is 13.9 Å². The first-order valence-electron chi connectivity index (χ1n) is 11.5. The Balaban J connectivity index is 0.00000126. The molecule has 0 N–H and O–H groups in total. The molecule has 5 nitrogen and oxygen atoms in total. The highest BCUT2D eigenvalue weighted by atomic mass is 19.1. The van der Waals surface area contributed by atoms with E-state index in [1.807, 2.05) is 34.6 Å². The molecule has 1 saturated heterocycles. The van der Waals surface area contributed by atoms with E-state index in [1.54, 1.807) is 18.3 Å². The first-order chi connectivity index (χ1) is 15.6. The van der Waals surface area contributed by atoms with Crippen LogP contribution >= 0.6 is 0 Å². The molecular weight excluding hydrogens is 417 g/mol. The fourth-order valence-electron chi connectivity index (χ4n) is 4.57. The second-order valence-electron chi connectivity index (χ2n) is 9.88. The Hall–Kier alpha value is -2.99. The smallest absolute Gasteiger partial charge is 0.252 e. The lowest BCUT2D eigenvalue weighted by molar-refractivity contribution is -0.0529. The van der Waals surface area contributed by atoms with Gasteiger partial charge in [0.05, 0.1) is 35.9 Å². The maximum Gasteiger partial charge on any atom is 0.252 e. The predicted octanol–water partition coefficient (Wildman–Crippen LogP) is 6.43. The quantitative estimate of drug-likeness (QED) is 0.354. The highest BCUT2D eigenvalue weighted by Gasteiger charge is 2.40. The van der Waals surface area contributed by atoms with E-state index in [9.17, 15) is 9.18 Å². The van der Waals surface area contributed by atoms with E-state index in [0.29, 0.717) is 13.2 Å². The molecule has 0 amide bonds. The van der Waals surface area contributed by atoms with Crippen LogP contribution in [-0.2, 0) is 10.2 Å². The number of carbonyl (C=O) groups excluding carboxylic acids is 1. The average molecular weight is 450 g/mol. The minimum Gasteiger partial charge on any atom is -0.379 e. The van der Waals surface area contributed by atoms with Gasteiger partial charge in [0.1, 0.15) is 5.82 Å². The van der Waals surface area contributed by atoms with Gasteiger partial charge in [0.2, 0.25) is 0 Å². The lowest BCUT2D eigenvalue weighted by atomic mass is 9.82. The zero-order valence-corrected chi connectivity index (χ0v) is 20.5. The third kappa shape index (κ3) is 3.66. The summed E-state index contributed by atoms with van der Waals surface area (Å²) in [5.41, 5.74) is 4.36. The predicted molar refractivity (Wildman–Crippen MR) is 131 cm³/mol. The Kier molecular flexibility index (Phi) is 5.69. The Morgan fingerprint density at radius 1 is 1.09 bits per heavy atom. The first kappa shape index (κ1) is 23.2. The first-order valence-corrected chi connectivity index (χ1v) is 11.5. The van der Waals surface area contributed by atoms with Crippen molar-refractivity contribution in [1.29, 1.82) is 0 Å². The van der Waals surface area contributed by atoms with Gasteiger partial charge in [0, 0.05) is 27.6 Å². The number of carbonyl (C=O) groups is 1. The van der Waals surface area contributed by atoms with Gasteiger partial charge >= 0.3 is 0 Å². The Bertz CT molecular complexity index is 1340. The molecule has 33 heavy (non-hydrogen) atoms. The van der Waals surface area contributed by atoms with E-state index in [-0.39, 0.29) is 17.1 Å². The zero-order valence-electron chi connectivity index (χ0n) is 20.5. The molecular formula is C27H32FN3O2. The summed E-state index contributed by atoms with van der Waals surface area (Å²) < 4.78 is 22.9. The van der Waals surface area contributed by atoms with Crippen molar-refractivity contribution in [3.8, 4) is 5.69 Å². The SMILES string of the molecule is CC.Cc1c(C2(C)COC2)n(-c2ccc(F)cc2)c2cc3cnn(C(=O)C(C)(C)C)c3cc12. The Morgan fingerprint density at radius 3 is 2.27 bits per heavy atom. The fourth-order valence-corrected chi connectivity index (χ4v) is 4.57. The molecule has 0 radical (unpaired) electrons. The largest absolute Gasteiger partial charge is 0.379 e. The summed E-state index contributed by atoms with van der Waals surface area (Å²) in [4.78, 5) is 12.9. The zero-order chi connectivity index (χ0) is 24.1. The summed E-state index contributed by atoms with van der Waals surface area (Å²) in [5, 5.41) is 6.35. The highest BCUT2D eigenvalue weighted by molar-refractivity contribution is 6.02. The molecule has 1 aliphatic rings. The number of ether oxygens (including phenoxy) is 1. The average Bonchev–Trinajstić information content (AvgIpc) is 3.30. The minimum absolute atomic E-state index is 0.0444. The van der Waals surface area contributed by atoms with Crippen LogP contribution in [0.1, 0.15) is 57.6 Å². The van der Waals surface area contributed by atoms with Crippen molar-refractivity contribution in [1.82, 2.24) is 14.3 Å². The van der Waals surface area contributed by atoms with Gasteiger partial charge < -0.3 is 9.30 Å². The molecule has 2 aromatic heterocycles. The molecule has 0 bridgehead atoms. The van der Waals surface area contributed by atoms with Crippen molar-refractivity contribution in [3.05, 3.63) is 59.7 Å². The van der Waals surface area contributed by atoms with Gasteiger partial charge in [-0.1, -0.05) is 34.6 Å². The van der Waals surface area contributed by atoms with Crippen LogP contribution in [0, 0.1) is 18.2 Å². The molecule has 0 unspecified atom stereocenters. The number of fused-ring (bicyclic) bond motifs is 2. The molecule has 0 spiro atoms. The number of benzene rings is 2. The van der Waals surface area contributed by atoms with Crippen molar-refractivity contribution >= 4 is 27.7 Å². The number of halogens is 1. The number of aromatic nitrogens is 3. The summed E-state index contributed by atoms with van der Waals surface area (Å²) in [6.07, 6.45) is 1.74. The summed E-state index contributed by atoms with van der Waals surface area (Å²) >= 11 is 0. The van der Waals surface area contributed by atoms with E-state index < -0.39 is 5.41 Å². The molecule has 5 rings (SSSR count). The van der Waals surface area contributed by atoms with Crippen LogP contribution in [0.25, 0.3) is 27.5 Å². The lowest BCUT2D eigenvalue weighted by Gasteiger charge is -2.39. The maximum atomic E-state index is 13.6. The number of nitrogens with zero attached hydrogens (tertiary/aromatic N) is 3. The molecule has 3 heterocycles. The lowest BCUT2D eigenvalue weighted by Crippen LogP contribution is -2.45. The summed E-state index contributed by atoms with van der Waals surface area (Å²) in [7, 11) is 0. The van der Waals surface area contributed by atoms with Crippen molar-refractivity contribution in [2.75, 3.05) is 13.2 Å². The summed E-state index contributed by atoms with van der Waals surface area (Å²) in [5.74, 6) is -0.307. The summed E-state index contributed by atoms with van der Waals surface area (Å²) in [6, 6.07) is 10.7. The van der Waals surface area contributed by atoms with Crippen LogP contribution in [0.3, 0.4) is 0 Å². The van der Waals surface area contributed by atoms with E-state index in [4.69, 9.17) is 4.74 Å². The van der Waals surface area contributed by atoms with Crippen LogP contribution in [0.4, 0.5) is 4.39 Å². The second kappa shape index (κ2) is 8.10. The van der Waals surface area contributed by atoms with Crippen LogP contribution in [-0.4, -0.2) is 33.5 Å². The van der Waals surface area contributed by atoms with Gasteiger partial charge in [-0.3, -0.25) is 4.79 Å². The van der Waals surface area contributed by atoms with Gasteiger partial charge in [-0.15, -0.1) is 0 Å². The minimum atomic E-state index is -0.537. The molecule has 0 atom stereocenters. The van der Waals surface area contributed by atoms with Gasteiger partial charge in [-0.2, -0.15) is 9.78 Å². The van der Waals surface area contributed by atoms with E-state index in [1.165, 1.54) is 16.8 Å². The molecule has 4 aromatic rings.